The second-order valence-electron chi connectivity index (χ2n) is 11.8. The fourth-order valence-corrected chi connectivity index (χ4v) is 7.89. The molecule has 1 aromatic heterocycles. The van der Waals surface area contributed by atoms with Gasteiger partial charge in [-0.2, -0.15) is 0 Å². The Kier molecular flexibility index (Phi) is 7.48. The van der Waals surface area contributed by atoms with E-state index in [4.69, 9.17) is 42.6 Å². The number of phenols is 1. The first-order valence-corrected chi connectivity index (χ1v) is 15.8. The molecule has 1 aliphatic carbocycles. The molecular formula is C32H32O13S. The fraction of sp³-hybridized carbons (Fsp3) is 0.469. The summed E-state index contributed by atoms with van der Waals surface area (Å²) in [6.45, 7) is 0.171. The molecule has 4 aliphatic heterocycles. The van der Waals surface area contributed by atoms with Crippen LogP contribution in [0.5, 0.6) is 28.7 Å². The van der Waals surface area contributed by atoms with Crippen molar-refractivity contribution in [3.05, 3.63) is 63.3 Å². The maximum Gasteiger partial charge on any atom is 0.310 e. The molecule has 10 atom stereocenters. The number of aliphatic hydroxyl groups excluding tert-OH is 2. The lowest BCUT2D eigenvalue weighted by Crippen LogP contribution is -2.62. The van der Waals surface area contributed by atoms with Gasteiger partial charge in [0.2, 0.25) is 12.5 Å². The molecule has 5 unspecified atom stereocenters. The number of ether oxygens (including phenoxy) is 9. The van der Waals surface area contributed by atoms with Crippen LogP contribution in [0.2, 0.25) is 0 Å². The summed E-state index contributed by atoms with van der Waals surface area (Å²) in [6, 6.07) is 10.7. The zero-order valence-corrected chi connectivity index (χ0v) is 25.6. The predicted molar refractivity (Wildman–Crippen MR) is 156 cm³/mol. The van der Waals surface area contributed by atoms with Gasteiger partial charge in [0.1, 0.15) is 24.4 Å². The first kappa shape index (κ1) is 29.8. The number of phenolic OH excluding ortho intramolecular Hbond substituents is 1. The molecule has 2 aromatic carbocycles. The molecule has 0 saturated carbocycles. The predicted octanol–water partition coefficient (Wildman–Crippen LogP) is 2.75. The van der Waals surface area contributed by atoms with Gasteiger partial charge in [-0.25, -0.2) is 0 Å². The molecule has 0 radical (unpaired) electrons. The van der Waals surface area contributed by atoms with Crippen molar-refractivity contribution >= 4 is 17.3 Å². The van der Waals surface area contributed by atoms with Crippen molar-refractivity contribution in [2.24, 2.45) is 11.8 Å². The summed E-state index contributed by atoms with van der Waals surface area (Å²) in [5.41, 5.74) is 2.00. The molecule has 0 amide bonds. The number of thiophene rings is 1. The molecule has 3 fully saturated rings. The minimum Gasteiger partial charge on any atom is -0.502 e. The largest absolute Gasteiger partial charge is 0.502 e. The number of hydrogen-bond donors (Lipinski definition) is 3. The molecule has 0 bridgehead atoms. The molecule has 3 saturated heterocycles. The van der Waals surface area contributed by atoms with E-state index in [9.17, 15) is 20.1 Å². The van der Waals surface area contributed by atoms with Crippen LogP contribution < -0.4 is 18.9 Å². The number of carbonyl (C=O) groups is 1. The highest BCUT2D eigenvalue weighted by molar-refractivity contribution is 7.10. The normalized spacial score (nSPS) is 34.3. The molecule has 13 nitrogen and oxygen atoms in total. The lowest BCUT2D eigenvalue weighted by molar-refractivity contribution is -0.368. The van der Waals surface area contributed by atoms with Crippen LogP contribution in [0.15, 0.2) is 41.8 Å². The molecule has 0 spiro atoms. The van der Waals surface area contributed by atoms with Gasteiger partial charge < -0.3 is 58.0 Å². The Labute approximate surface area is 267 Å². The van der Waals surface area contributed by atoms with Crippen molar-refractivity contribution in [2.75, 3.05) is 34.2 Å². The topological polar surface area (TPSA) is 161 Å². The van der Waals surface area contributed by atoms with E-state index in [1.165, 1.54) is 25.6 Å². The van der Waals surface area contributed by atoms with Gasteiger partial charge in [-0.3, -0.25) is 4.79 Å². The van der Waals surface area contributed by atoms with Crippen molar-refractivity contribution < 1.29 is 62.7 Å². The van der Waals surface area contributed by atoms with Gasteiger partial charge in [0.25, 0.3) is 0 Å². The van der Waals surface area contributed by atoms with Gasteiger partial charge in [0.05, 0.1) is 44.3 Å². The van der Waals surface area contributed by atoms with Crippen LogP contribution in [-0.4, -0.2) is 86.2 Å². The summed E-state index contributed by atoms with van der Waals surface area (Å²) in [4.78, 5) is 14.3. The third-order valence-corrected chi connectivity index (χ3v) is 10.3. The van der Waals surface area contributed by atoms with Crippen LogP contribution >= 0.6 is 11.3 Å². The Morgan fingerprint density at radius 2 is 1.65 bits per heavy atom. The number of cyclic esters (lactones) is 1. The maximum absolute atomic E-state index is 13.5. The van der Waals surface area contributed by atoms with Crippen molar-refractivity contribution in [1.29, 1.82) is 0 Å². The molecule has 3 aromatic rings. The number of aromatic hydroxyl groups is 1. The zero-order chi connectivity index (χ0) is 31.7. The minimum atomic E-state index is -1.47. The second kappa shape index (κ2) is 11.6. The van der Waals surface area contributed by atoms with Crippen molar-refractivity contribution in [3.8, 4) is 28.7 Å². The number of fused-ring (bicyclic) bond motifs is 4. The van der Waals surface area contributed by atoms with Crippen LogP contribution in [0, 0.1) is 11.8 Å². The highest BCUT2D eigenvalue weighted by Gasteiger charge is 2.56. The average molecular weight is 657 g/mol. The summed E-state index contributed by atoms with van der Waals surface area (Å²) in [6.07, 6.45) is -7.16. The maximum atomic E-state index is 13.5. The Morgan fingerprint density at radius 3 is 2.35 bits per heavy atom. The number of methoxy groups -OCH3 is 2. The highest BCUT2D eigenvalue weighted by atomic mass is 32.1. The number of carbonyl (C=O) groups excluding carboxylic acids is 1. The van der Waals surface area contributed by atoms with E-state index in [-0.39, 0.29) is 37.3 Å². The molecule has 46 heavy (non-hydrogen) atoms. The number of rotatable bonds is 6. The molecule has 8 rings (SSSR count). The van der Waals surface area contributed by atoms with Crippen molar-refractivity contribution in [2.45, 2.75) is 49.0 Å². The Morgan fingerprint density at radius 1 is 0.913 bits per heavy atom. The molecular weight excluding hydrogens is 624 g/mol. The number of aliphatic hydroxyl groups is 2. The summed E-state index contributed by atoms with van der Waals surface area (Å²) < 4.78 is 52.6. The summed E-state index contributed by atoms with van der Waals surface area (Å²) in [7, 11) is 2.86. The number of benzene rings is 2. The standard InChI is InChI=1S/C32H32O13S/c1-37-19-6-13(7-20(38-2)25(19)33)23-14-8-17-18(42-12-41-17)9-15(14)28(16-10-39-30(36)24(16)23)44-32-27(35)26(34)29-21(43-32)11-40-31(45-29)22-4-3-5-46-22/h3-9,16,21,23-24,26-29,31-35H,10-12H2,1-2H3/t16-,21-,23+,24-,26?,27?,28+,29?,31?,32?/m0/s1. The third-order valence-electron chi connectivity index (χ3n) is 9.37. The monoisotopic (exact) mass is 656 g/mol. The van der Waals surface area contributed by atoms with Gasteiger partial charge in [0.15, 0.2) is 35.6 Å². The molecule has 3 N–H and O–H groups in total. The van der Waals surface area contributed by atoms with E-state index in [1.54, 1.807) is 18.2 Å². The van der Waals surface area contributed by atoms with Crippen LogP contribution in [0.4, 0.5) is 0 Å². The molecule has 5 aliphatic rings. The first-order chi connectivity index (χ1) is 22.4. The van der Waals surface area contributed by atoms with Gasteiger partial charge in [0, 0.05) is 11.8 Å². The van der Waals surface area contributed by atoms with Crippen LogP contribution in [0.3, 0.4) is 0 Å². The Bertz CT molecular complexity index is 1600. The van der Waals surface area contributed by atoms with E-state index in [0.29, 0.717) is 28.2 Å². The van der Waals surface area contributed by atoms with E-state index in [0.717, 1.165) is 4.88 Å². The Hall–Kier alpha value is -3.63. The van der Waals surface area contributed by atoms with Crippen molar-refractivity contribution in [3.63, 3.8) is 0 Å². The average Bonchev–Trinajstić information content (AvgIpc) is 3.85. The summed E-state index contributed by atoms with van der Waals surface area (Å²) in [5.74, 6) is -1.08. The van der Waals surface area contributed by atoms with Crippen LogP contribution in [0.1, 0.15) is 39.9 Å². The van der Waals surface area contributed by atoms with Gasteiger partial charge in [-0.1, -0.05) is 6.07 Å². The van der Waals surface area contributed by atoms with E-state index >= 15 is 0 Å². The van der Waals surface area contributed by atoms with E-state index in [1.807, 2.05) is 23.6 Å². The van der Waals surface area contributed by atoms with E-state index in [2.05, 4.69) is 0 Å². The zero-order valence-electron chi connectivity index (χ0n) is 24.8. The van der Waals surface area contributed by atoms with Crippen LogP contribution in [0.25, 0.3) is 0 Å². The molecule has 5 heterocycles. The smallest absolute Gasteiger partial charge is 0.310 e. The third kappa shape index (κ3) is 4.70. The van der Waals surface area contributed by atoms with Gasteiger partial charge >= 0.3 is 5.97 Å². The Balaban J connectivity index is 1.16. The quantitative estimate of drug-likeness (QED) is 0.333. The summed E-state index contributed by atoms with van der Waals surface area (Å²) in [5, 5.41) is 35.0. The van der Waals surface area contributed by atoms with Crippen LogP contribution in [-0.2, 0) is 28.5 Å². The molecule has 244 valence electrons. The summed E-state index contributed by atoms with van der Waals surface area (Å²) >= 11 is 1.46. The van der Waals surface area contributed by atoms with Gasteiger partial charge in [-0.05, 0) is 52.4 Å². The number of hydrogen-bond acceptors (Lipinski definition) is 14. The van der Waals surface area contributed by atoms with Gasteiger partial charge in [-0.15, -0.1) is 11.3 Å². The first-order valence-electron chi connectivity index (χ1n) is 14.9. The SMILES string of the molecule is COc1cc([C@@H]2c3cc4c(cc3[C@@H](OC3O[C@H]5COC(c6cccs6)OC5C(O)C3O)[C@H]3COC(=O)[C@H]23)OCO4)cc(OC)c1O. The number of esters is 1. The van der Waals surface area contributed by atoms with Crippen molar-refractivity contribution in [1.82, 2.24) is 0 Å². The lowest BCUT2D eigenvalue weighted by Gasteiger charge is -2.48. The van der Waals surface area contributed by atoms with E-state index < -0.39 is 66.8 Å². The highest BCUT2D eigenvalue weighted by Crippen LogP contribution is 2.57. The molecule has 14 heteroatoms. The minimum absolute atomic E-state index is 0.0242. The lowest BCUT2D eigenvalue weighted by atomic mass is 9.66. The second-order valence-corrected chi connectivity index (χ2v) is 12.7. The fourth-order valence-electron chi connectivity index (χ4n) is 7.18.